The molecular formula is C20H17NO3S2. The highest BCUT2D eigenvalue weighted by molar-refractivity contribution is 8.27. The molecule has 4 nitrogen and oxygen atoms in total. The third kappa shape index (κ3) is 3.43. The number of anilines is 1. The lowest BCUT2D eigenvalue weighted by atomic mass is 10.1. The van der Waals surface area contributed by atoms with Crippen LogP contribution in [0.2, 0.25) is 0 Å². The van der Waals surface area contributed by atoms with Crippen LogP contribution in [-0.2, 0) is 9.53 Å². The fraction of sp³-hybridized carbons (Fsp3) is 0.150. The Kier molecular flexibility index (Phi) is 5.25. The fourth-order valence-electron chi connectivity index (χ4n) is 2.80. The van der Waals surface area contributed by atoms with Crippen LogP contribution < -0.4 is 4.90 Å². The number of thiocarbonyl (C=S) groups is 1. The predicted molar refractivity (Wildman–Crippen MR) is 109 cm³/mol. The number of benzene rings is 2. The van der Waals surface area contributed by atoms with Crippen LogP contribution in [0.15, 0.2) is 47.4 Å². The molecule has 1 heterocycles. The maximum atomic E-state index is 12.9. The first-order chi connectivity index (χ1) is 12.4. The minimum atomic E-state index is -0.391. The van der Waals surface area contributed by atoms with Gasteiger partial charge in [0.1, 0.15) is 0 Å². The normalized spacial score (nSPS) is 15.7. The van der Waals surface area contributed by atoms with Gasteiger partial charge in [-0.2, -0.15) is 0 Å². The van der Waals surface area contributed by atoms with Crippen molar-refractivity contribution >= 4 is 51.9 Å². The first-order valence-electron chi connectivity index (χ1n) is 7.95. The molecule has 6 heteroatoms. The smallest absolute Gasteiger partial charge is 0.337 e. The third-order valence-electron chi connectivity index (χ3n) is 4.09. The summed E-state index contributed by atoms with van der Waals surface area (Å²) in [5.41, 5.74) is 4.14. The summed E-state index contributed by atoms with van der Waals surface area (Å²) in [4.78, 5) is 26.6. The Bertz CT molecular complexity index is 912. The van der Waals surface area contributed by atoms with Crippen LogP contribution in [0.3, 0.4) is 0 Å². The molecule has 2 aromatic carbocycles. The zero-order chi connectivity index (χ0) is 18.8. The SMILES string of the molecule is COC(=O)c1ccc(/C=C2\SC(=S)N(c3c(C)cccc3C)C2=O)cc1. The molecule has 0 spiro atoms. The van der Waals surface area contributed by atoms with Crippen molar-refractivity contribution in [1.29, 1.82) is 0 Å². The second-order valence-electron chi connectivity index (χ2n) is 5.87. The van der Waals surface area contributed by atoms with E-state index in [1.807, 2.05) is 32.0 Å². The Labute approximate surface area is 161 Å². The predicted octanol–water partition coefficient (Wildman–Crippen LogP) is 4.50. The van der Waals surface area contributed by atoms with Crippen LogP contribution in [0.25, 0.3) is 6.08 Å². The molecule has 0 atom stereocenters. The Morgan fingerprint density at radius 2 is 1.73 bits per heavy atom. The standard InChI is InChI=1S/C20H17NO3S2/c1-12-5-4-6-13(2)17(12)21-18(22)16(26-20(21)25)11-14-7-9-15(10-8-14)19(23)24-3/h4-11H,1-3H3/b16-11-. The lowest BCUT2D eigenvalue weighted by Crippen LogP contribution is -2.29. The minimum absolute atomic E-state index is 0.130. The summed E-state index contributed by atoms with van der Waals surface area (Å²) >= 11 is 6.73. The van der Waals surface area contributed by atoms with E-state index in [1.165, 1.54) is 18.9 Å². The van der Waals surface area contributed by atoms with Crippen molar-refractivity contribution in [2.45, 2.75) is 13.8 Å². The number of thioether (sulfide) groups is 1. The topological polar surface area (TPSA) is 46.6 Å². The van der Waals surface area contributed by atoms with Gasteiger partial charge in [-0.15, -0.1) is 0 Å². The van der Waals surface area contributed by atoms with Crippen molar-refractivity contribution < 1.29 is 14.3 Å². The number of rotatable bonds is 3. The van der Waals surface area contributed by atoms with Gasteiger partial charge >= 0.3 is 5.97 Å². The fourth-order valence-corrected chi connectivity index (χ4v) is 4.07. The van der Waals surface area contributed by atoms with E-state index in [0.29, 0.717) is 14.8 Å². The number of hydrogen-bond acceptors (Lipinski definition) is 5. The molecule has 26 heavy (non-hydrogen) atoms. The number of aryl methyl sites for hydroxylation is 2. The van der Waals surface area contributed by atoms with Gasteiger partial charge in [0.05, 0.1) is 23.3 Å². The molecule has 0 N–H and O–H groups in total. The highest BCUT2D eigenvalue weighted by Gasteiger charge is 2.34. The molecule has 1 aliphatic heterocycles. The number of carbonyl (C=O) groups is 2. The number of ether oxygens (including phenoxy) is 1. The maximum Gasteiger partial charge on any atom is 0.337 e. The van der Waals surface area contributed by atoms with Gasteiger partial charge < -0.3 is 4.74 Å². The molecule has 2 aromatic rings. The number of methoxy groups -OCH3 is 1. The molecule has 1 saturated heterocycles. The van der Waals surface area contributed by atoms with Crippen LogP contribution >= 0.6 is 24.0 Å². The van der Waals surface area contributed by atoms with Crippen molar-refractivity contribution in [3.05, 3.63) is 69.6 Å². The first-order valence-corrected chi connectivity index (χ1v) is 9.17. The second kappa shape index (κ2) is 7.43. The number of hydrogen-bond donors (Lipinski definition) is 0. The number of nitrogens with zero attached hydrogens (tertiary/aromatic N) is 1. The van der Waals surface area contributed by atoms with Gasteiger partial charge in [0, 0.05) is 0 Å². The van der Waals surface area contributed by atoms with Crippen molar-refractivity contribution in [3.63, 3.8) is 0 Å². The lowest BCUT2D eigenvalue weighted by molar-refractivity contribution is -0.113. The largest absolute Gasteiger partial charge is 0.465 e. The summed E-state index contributed by atoms with van der Waals surface area (Å²) in [6, 6.07) is 12.8. The van der Waals surface area contributed by atoms with Crippen LogP contribution in [0.1, 0.15) is 27.0 Å². The Hall–Kier alpha value is -2.44. The Morgan fingerprint density at radius 3 is 2.31 bits per heavy atom. The molecule has 0 aliphatic carbocycles. The summed E-state index contributed by atoms with van der Waals surface area (Å²) in [7, 11) is 1.34. The zero-order valence-electron chi connectivity index (χ0n) is 14.6. The van der Waals surface area contributed by atoms with Crippen molar-refractivity contribution in [2.24, 2.45) is 0 Å². The lowest BCUT2D eigenvalue weighted by Gasteiger charge is -2.19. The van der Waals surface area contributed by atoms with Gasteiger partial charge in [-0.3, -0.25) is 9.69 Å². The van der Waals surface area contributed by atoms with E-state index >= 15 is 0 Å². The van der Waals surface area contributed by atoms with E-state index in [-0.39, 0.29) is 5.91 Å². The number of para-hydroxylation sites is 1. The van der Waals surface area contributed by atoms with Crippen molar-refractivity contribution in [1.82, 2.24) is 0 Å². The van der Waals surface area contributed by atoms with Crippen LogP contribution in [0, 0.1) is 13.8 Å². The van der Waals surface area contributed by atoms with E-state index in [1.54, 1.807) is 35.2 Å². The second-order valence-corrected chi connectivity index (χ2v) is 7.55. The molecule has 1 aliphatic rings. The third-order valence-corrected chi connectivity index (χ3v) is 5.39. The van der Waals surface area contributed by atoms with Crippen LogP contribution in [0.5, 0.6) is 0 Å². The monoisotopic (exact) mass is 383 g/mol. The van der Waals surface area contributed by atoms with Gasteiger partial charge in [-0.1, -0.05) is 54.3 Å². The zero-order valence-corrected chi connectivity index (χ0v) is 16.2. The van der Waals surface area contributed by atoms with Crippen LogP contribution in [0.4, 0.5) is 5.69 Å². The molecular weight excluding hydrogens is 366 g/mol. The van der Waals surface area contributed by atoms with E-state index in [2.05, 4.69) is 4.74 Å². The van der Waals surface area contributed by atoms with Crippen LogP contribution in [-0.4, -0.2) is 23.3 Å². The minimum Gasteiger partial charge on any atom is -0.465 e. The highest BCUT2D eigenvalue weighted by Crippen LogP contribution is 2.38. The van der Waals surface area contributed by atoms with Gasteiger partial charge in [0.2, 0.25) is 0 Å². The molecule has 0 unspecified atom stereocenters. The number of carbonyl (C=O) groups excluding carboxylic acids is 2. The van der Waals surface area contributed by atoms with Gasteiger partial charge in [0.25, 0.3) is 5.91 Å². The Morgan fingerprint density at radius 1 is 1.12 bits per heavy atom. The quantitative estimate of drug-likeness (QED) is 0.444. The molecule has 3 rings (SSSR count). The Balaban J connectivity index is 1.91. The maximum absolute atomic E-state index is 12.9. The first kappa shape index (κ1) is 18.4. The summed E-state index contributed by atoms with van der Waals surface area (Å²) in [5, 5.41) is 0. The highest BCUT2D eigenvalue weighted by atomic mass is 32.2. The molecule has 1 amide bonds. The summed E-state index contributed by atoms with van der Waals surface area (Å²) < 4.78 is 5.21. The van der Waals surface area contributed by atoms with Crippen molar-refractivity contribution in [3.8, 4) is 0 Å². The van der Waals surface area contributed by atoms with Gasteiger partial charge in [-0.05, 0) is 48.7 Å². The van der Waals surface area contributed by atoms with Crippen molar-refractivity contribution in [2.75, 3.05) is 12.0 Å². The summed E-state index contributed by atoms with van der Waals surface area (Å²) in [5.74, 6) is -0.521. The summed E-state index contributed by atoms with van der Waals surface area (Å²) in [6.07, 6.45) is 1.79. The molecule has 0 bridgehead atoms. The average Bonchev–Trinajstić information content (AvgIpc) is 2.89. The molecule has 1 fully saturated rings. The summed E-state index contributed by atoms with van der Waals surface area (Å²) in [6.45, 7) is 3.94. The van der Waals surface area contributed by atoms with E-state index < -0.39 is 5.97 Å². The number of amides is 1. The average molecular weight is 383 g/mol. The molecule has 0 saturated carbocycles. The molecule has 0 aromatic heterocycles. The van der Waals surface area contributed by atoms with E-state index in [9.17, 15) is 9.59 Å². The molecule has 0 radical (unpaired) electrons. The van der Waals surface area contributed by atoms with E-state index in [4.69, 9.17) is 12.2 Å². The van der Waals surface area contributed by atoms with Gasteiger partial charge in [0.15, 0.2) is 4.32 Å². The van der Waals surface area contributed by atoms with E-state index in [0.717, 1.165) is 22.4 Å². The molecule has 132 valence electrons. The number of esters is 1. The van der Waals surface area contributed by atoms with Gasteiger partial charge in [-0.25, -0.2) is 4.79 Å².